The van der Waals surface area contributed by atoms with Crippen LogP contribution in [0.4, 0.5) is 5.13 Å². The van der Waals surface area contributed by atoms with Gasteiger partial charge in [-0.1, -0.05) is 16.5 Å². The molecule has 0 unspecified atom stereocenters. The maximum Gasteiger partial charge on any atom is 0.263 e. The number of hydrogen-bond donors (Lipinski definition) is 2. The highest BCUT2D eigenvalue weighted by molar-refractivity contribution is 7.17. The smallest absolute Gasteiger partial charge is 0.263 e. The van der Waals surface area contributed by atoms with Crippen molar-refractivity contribution in [3.63, 3.8) is 0 Å². The standard InChI is InChI=1S/C13H13N5O2S2/c1-2-14-13-16-5-9(22-13)11(19)15-6-10-17-12(20-18-10)8-3-4-21-7-8/h3-5,7H,2,6H2,1H3,(H,14,16)(H,15,19). The average Bonchev–Trinajstić information content (AvgIpc) is 3.25. The molecule has 7 nitrogen and oxygen atoms in total. The van der Waals surface area contributed by atoms with Gasteiger partial charge in [0.15, 0.2) is 11.0 Å². The first-order valence-electron chi connectivity index (χ1n) is 6.59. The first kappa shape index (κ1) is 14.7. The van der Waals surface area contributed by atoms with E-state index < -0.39 is 0 Å². The SMILES string of the molecule is CCNc1ncc(C(=O)NCc2noc(-c3ccsc3)n2)s1. The second-order valence-electron chi connectivity index (χ2n) is 4.27. The summed E-state index contributed by atoms with van der Waals surface area (Å²) in [5.41, 5.74) is 0.882. The van der Waals surface area contributed by atoms with Gasteiger partial charge < -0.3 is 15.2 Å². The predicted octanol–water partition coefficient (Wildman–Crippen LogP) is 2.62. The molecule has 3 heterocycles. The molecule has 0 fully saturated rings. The lowest BCUT2D eigenvalue weighted by atomic mass is 10.3. The Morgan fingerprint density at radius 2 is 2.36 bits per heavy atom. The molecule has 22 heavy (non-hydrogen) atoms. The van der Waals surface area contributed by atoms with Gasteiger partial charge in [0.1, 0.15) is 4.88 Å². The highest BCUT2D eigenvalue weighted by Gasteiger charge is 2.13. The van der Waals surface area contributed by atoms with E-state index in [2.05, 4.69) is 25.8 Å². The summed E-state index contributed by atoms with van der Waals surface area (Å²) < 4.78 is 5.16. The summed E-state index contributed by atoms with van der Waals surface area (Å²) in [6, 6.07) is 1.90. The zero-order valence-electron chi connectivity index (χ0n) is 11.7. The first-order chi connectivity index (χ1) is 10.8. The van der Waals surface area contributed by atoms with E-state index in [0.29, 0.717) is 16.6 Å². The summed E-state index contributed by atoms with van der Waals surface area (Å²) in [6.07, 6.45) is 1.55. The highest BCUT2D eigenvalue weighted by Crippen LogP contribution is 2.20. The fraction of sp³-hybridized carbons (Fsp3) is 0.231. The normalized spacial score (nSPS) is 10.6. The van der Waals surface area contributed by atoms with E-state index in [9.17, 15) is 4.79 Å². The van der Waals surface area contributed by atoms with Gasteiger partial charge >= 0.3 is 0 Å². The number of hydrogen-bond acceptors (Lipinski definition) is 8. The minimum absolute atomic E-state index is 0.205. The minimum atomic E-state index is -0.205. The maximum absolute atomic E-state index is 12.0. The molecule has 2 N–H and O–H groups in total. The van der Waals surface area contributed by atoms with Crippen molar-refractivity contribution >= 4 is 33.7 Å². The Balaban J connectivity index is 1.58. The molecule has 0 atom stereocenters. The average molecular weight is 335 g/mol. The van der Waals surface area contributed by atoms with Gasteiger partial charge in [-0.25, -0.2) is 4.98 Å². The van der Waals surface area contributed by atoms with Crippen LogP contribution in [0.2, 0.25) is 0 Å². The summed E-state index contributed by atoms with van der Waals surface area (Å²) >= 11 is 2.86. The van der Waals surface area contributed by atoms with Crippen LogP contribution in [0.25, 0.3) is 11.5 Å². The molecule has 0 aliphatic carbocycles. The number of thiazole rings is 1. The van der Waals surface area contributed by atoms with Crippen LogP contribution in [0.3, 0.4) is 0 Å². The highest BCUT2D eigenvalue weighted by atomic mass is 32.1. The van der Waals surface area contributed by atoms with E-state index >= 15 is 0 Å². The molecule has 3 rings (SSSR count). The summed E-state index contributed by atoms with van der Waals surface area (Å²) in [7, 11) is 0. The van der Waals surface area contributed by atoms with Crippen molar-refractivity contribution in [1.29, 1.82) is 0 Å². The molecule has 1 amide bonds. The Hall–Kier alpha value is -2.26. The zero-order chi connectivity index (χ0) is 15.4. The lowest BCUT2D eigenvalue weighted by molar-refractivity contribution is 0.0953. The van der Waals surface area contributed by atoms with Gasteiger partial charge in [0.2, 0.25) is 0 Å². The largest absolute Gasteiger partial charge is 0.362 e. The number of anilines is 1. The van der Waals surface area contributed by atoms with E-state index in [1.54, 1.807) is 17.5 Å². The lowest BCUT2D eigenvalue weighted by Crippen LogP contribution is -2.22. The fourth-order valence-electron chi connectivity index (χ4n) is 1.69. The Morgan fingerprint density at radius 1 is 1.45 bits per heavy atom. The molecule has 0 saturated carbocycles. The van der Waals surface area contributed by atoms with E-state index in [-0.39, 0.29) is 12.5 Å². The van der Waals surface area contributed by atoms with Crippen LogP contribution in [0.5, 0.6) is 0 Å². The number of rotatable bonds is 6. The van der Waals surface area contributed by atoms with Crippen molar-refractivity contribution in [2.45, 2.75) is 13.5 Å². The summed E-state index contributed by atoms with van der Waals surface area (Å²) in [5.74, 6) is 0.687. The summed E-state index contributed by atoms with van der Waals surface area (Å²) in [6.45, 7) is 2.95. The van der Waals surface area contributed by atoms with Crippen LogP contribution in [0.1, 0.15) is 22.4 Å². The Kier molecular flexibility index (Phi) is 4.45. The monoisotopic (exact) mass is 335 g/mol. The molecule has 9 heteroatoms. The number of nitrogens with one attached hydrogen (secondary N) is 2. The van der Waals surface area contributed by atoms with Crippen molar-refractivity contribution in [3.8, 4) is 11.5 Å². The van der Waals surface area contributed by atoms with Crippen LogP contribution in [0.15, 0.2) is 27.5 Å². The van der Waals surface area contributed by atoms with Crippen LogP contribution in [0, 0.1) is 0 Å². The molecule has 0 aliphatic rings. The van der Waals surface area contributed by atoms with Crippen LogP contribution in [-0.2, 0) is 6.54 Å². The summed E-state index contributed by atoms with van der Waals surface area (Å²) in [4.78, 5) is 20.9. The molecular weight excluding hydrogens is 322 g/mol. The molecule has 0 aliphatic heterocycles. The second kappa shape index (κ2) is 6.67. The Bertz CT molecular complexity index is 750. The van der Waals surface area contributed by atoms with Crippen LogP contribution < -0.4 is 10.6 Å². The molecule has 0 aromatic carbocycles. The number of thiophene rings is 1. The van der Waals surface area contributed by atoms with Gasteiger partial charge in [0, 0.05) is 11.9 Å². The third-order valence-electron chi connectivity index (χ3n) is 2.70. The van der Waals surface area contributed by atoms with Gasteiger partial charge in [-0.05, 0) is 18.4 Å². The van der Waals surface area contributed by atoms with E-state index in [1.807, 2.05) is 23.8 Å². The number of carbonyl (C=O) groups excluding carboxylic acids is 1. The van der Waals surface area contributed by atoms with Crippen LogP contribution >= 0.6 is 22.7 Å². The van der Waals surface area contributed by atoms with Crippen molar-refractivity contribution in [2.75, 3.05) is 11.9 Å². The van der Waals surface area contributed by atoms with Gasteiger partial charge in [0.25, 0.3) is 11.8 Å². The molecule has 0 spiro atoms. The number of nitrogens with zero attached hydrogens (tertiary/aromatic N) is 3. The van der Waals surface area contributed by atoms with Crippen molar-refractivity contribution in [2.24, 2.45) is 0 Å². The van der Waals surface area contributed by atoms with Crippen molar-refractivity contribution < 1.29 is 9.32 Å². The second-order valence-corrected chi connectivity index (χ2v) is 6.08. The van der Waals surface area contributed by atoms with Crippen LogP contribution in [-0.4, -0.2) is 27.6 Å². The molecule has 0 saturated heterocycles. The lowest BCUT2D eigenvalue weighted by Gasteiger charge is -1.98. The fourth-order valence-corrected chi connectivity index (χ4v) is 3.12. The maximum atomic E-state index is 12.0. The van der Waals surface area contributed by atoms with E-state index in [0.717, 1.165) is 17.2 Å². The quantitative estimate of drug-likeness (QED) is 0.719. The molecule has 114 valence electrons. The first-order valence-corrected chi connectivity index (χ1v) is 8.35. The number of carbonyl (C=O) groups is 1. The zero-order valence-corrected chi connectivity index (χ0v) is 13.3. The van der Waals surface area contributed by atoms with E-state index in [4.69, 9.17) is 4.52 Å². The third-order valence-corrected chi connectivity index (χ3v) is 4.34. The van der Waals surface area contributed by atoms with Gasteiger partial charge in [0.05, 0.1) is 18.3 Å². The molecular formula is C13H13N5O2S2. The van der Waals surface area contributed by atoms with E-state index in [1.165, 1.54) is 11.3 Å². The number of amides is 1. The molecule has 3 aromatic heterocycles. The molecule has 0 radical (unpaired) electrons. The van der Waals surface area contributed by atoms with Gasteiger partial charge in [-0.15, -0.1) is 0 Å². The van der Waals surface area contributed by atoms with Gasteiger partial charge in [-0.2, -0.15) is 16.3 Å². The molecule has 3 aromatic rings. The predicted molar refractivity (Wildman–Crippen MR) is 85.1 cm³/mol. The minimum Gasteiger partial charge on any atom is -0.362 e. The van der Waals surface area contributed by atoms with Gasteiger partial charge in [-0.3, -0.25) is 4.79 Å². The number of aromatic nitrogens is 3. The molecule has 0 bridgehead atoms. The van der Waals surface area contributed by atoms with Crippen molar-refractivity contribution in [1.82, 2.24) is 20.4 Å². The Labute approximate surface area is 134 Å². The summed E-state index contributed by atoms with van der Waals surface area (Å²) in [5, 5.41) is 14.3. The third kappa shape index (κ3) is 3.31. The topological polar surface area (TPSA) is 92.9 Å². The van der Waals surface area contributed by atoms with Crippen molar-refractivity contribution in [3.05, 3.63) is 33.7 Å². The Morgan fingerprint density at radius 3 is 3.14 bits per heavy atom.